The van der Waals surface area contributed by atoms with E-state index in [1.165, 1.54) is 18.9 Å². The molecule has 0 unspecified atom stereocenters. The largest absolute Gasteiger partial charge is 0.424 e. The first kappa shape index (κ1) is 8.35. The van der Waals surface area contributed by atoms with Crippen LogP contribution in [-0.2, 0) is 4.43 Å². The summed E-state index contributed by atoms with van der Waals surface area (Å²) < 4.78 is 5.21. The van der Waals surface area contributed by atoms with Gasteiger partial charge in [0.25, 0.3) is 0 Å². The van der Waals surface area contributed by atoms with E-state index in [2.05, 4.69) is 5.40 Å². The number of hydrogen-bond acceptors (Lipinski definition) is 2. The molecule has 50 valence electrons. The number of nitrogens with two attached hydrogens (primary N) is 1. The summed E-state index contributed by atoms with van der Waals surface area (Å²) >= 11 is 0. The van der Waals surface area contributed by atoms with Crippen LogP contribution < -0.4 is 5.40 Å². The maximum atomic E-state index is 5.21. The van der Waals surface area contributed by atoms with E-state index >= 15 is 0 Å². The van der Waals surface area contributed by atoms with Crippen molar-refractivity contribution in [3.63, 3.8) is 0 Å². The summed E-state index contributed by atoms with van der Waals surface area (Å²) in [6, 6.07) is 1.42. The minimum absolute atomic E-state index is 0.00849. The van der Waals surface area contributed by atoms with E-state index in [0.717, 1.165) is 17.0 Å². The molecular formula is C4H15NOSi2. The summed E-state index contributed by atoms with van der Waals surface area (Å²) in [5, 5.41) is 4.64. The highest BCUT2D eigenvalue weighted by Crippen LogP contribution is 2.01. The first-order valence-electron chi connectivity index (χ1n) is 3.15. The van der Waals surface area contributed by atoms with Gasteiger partial charge >= 0.3 is 0 Å². The Balaban J connectivity index is 0.000000222. The first-order valence-corrected chi connectivity index (χ1v) is 5.89. The lowest BCUT2D eigenvalue weighted by Gasteiger charge is -2.07. The monoisotopic (exact) mass is 149 g/mol. The maximum Gasteiger partial charge on any atom is 0.161 e. The Bertz CT molecular complexity index is 29.5. The molecule has 1 heterocycles. The minimum atomic E-state index is 0.00849. The Labute approximate surface area is 56.2 Å². The van der Waals surface area contributed by atoms with Crippen LogP contribution in [-0.4, -0.2) is 26.8 Å². The Kier molecular flexibility index (Phi) is 7.68. The lowest BCUT2D eigenvalue weighted by molar-refractivity contribution is 0.304. The van der Waals surface area contributed by atoms with Crippen LogP contribution in [0.4, 0.5) is 0 Å². The molecule has 0 aromatic heterocycles. The Morgan fingerprint density at radius 2 is 2.12 bits per heavy atom. The van der Waals surface area contributed by atoms with Crippen molar-refractivity contribution in [3.05, 3.63) is 0 Å². The van der Waals surface area contributed by atoms with Gasteiger partial charge in [-0.25, -0.2) is 0 Å². The fourth-order valence-electron chi connectivity index (χ4n) is 0.687. The zero-order chi connectivity index (χ0) is 6.24. The van der Waals surface area contributed by atoms with E-state index in [0.29, 0.717) is 0 Å². The summed E-state index contributed by atoms with van der Waals surface area (Å²) in [6.07, 6.45) is 2.75. The molecule has 0 saturated carbocycles. The van der Waals surface area contributed by atoms with E-state index < -0.39 is 0 Å². The number of hydrogen-bond donors (Lipinski definition) is 1. The fraction of sp³-hybridized carbons (Fsp3) is 1.00. The van der Waals surface area contributed by atoms with Gasteiger partial charge in [0.05, 0.1) is 10.4 Å². The molecule has 2 N–H and O–H groups in total. The van der Waals surface area contributed by atoms with Gasteiger partial charge in [0.1, 0.15) is 0 Å². The van der Waals surface area contributed by atoms with E-state index in [-0.39, 0.29) is 9.76 Å². The molecule has 0 radical (unpaired) electrons. The van der Waals surface area contributed by atoms with Gasteiger partial charge in [-0.15, -0.1) is 0 Å². The van der Waals surface area contributed by atoms with Gasteiger partial charge in [-0.3, -0.25) is 0 Å². The zero-order valence-corrected chi connectivity index (χ0v) is 8.94. The summed E-state index contributed by atoms with van der Waals surface area (Å²) in [6.45, 7) is 1.06. The predicted octanol–water partition coefficient (Wildman–Crippen LogP) is -1.48. The average Bonchev–Trinajstić information content (AvgIpc) is 1.96. The van der Waals surface area contributed by atoms with E-state index in [4.69, 9.17) is 4.43 Å². The summed E-state index contributed by atoms with van der Waals surface area (Å²) in [7, 11) is 0.814. The van der Waals surface area contributed by atoms with E-state index in [9.17, 15) is 0 Å². The van der Waals surface area contributed by atoms with Crippen molar-refractivity contribution in [1.29, 1.82) is 0 Å². The molecule has 0 aromatic rings. The van der Waals surface area contributed by atoms with Crippen molar-refractivity contribution in [2.45, 2.75) is 18.9 Å². The molecule has 0 bridgehead atoms. The van der Waals surface area contributed by atoms with Crippen LogP contribution in [0.15, 0.2) is 0 Å². The molecule has 1 saturated heterocycles. The van der Waals surface area contributed by atoms with E-state index in [1.807, 2.05) is 0 Å². The Morgan fingerprint density at radius 3 is 2.25 bits per heavy atom. The van der Waals surface area contributed by atoms with Gasteiger partial charge in [0.2, 0.25) is 0 Å². The van der Waals surface area contributed by atoms with Crippen LogP contribution in [0.5, 0.6) is 0 Å². The average molecular weight is 149 g/mol. The van der Waals surface area contributed by atoms with Crippen molar-refractivity contribution in [2.24, 2.45) is 5.40 Å². The molecule has 2 nitrogen and oxygen atoms in total. The van der Waals surface area contributed by atoms with Crippen molar-refractivity contribution in [1.82, 2.24) is 0 Å². The van der Waals surface area contributed by atoms with Crippen molar-refractivity contribution in [3.8, 4) is 0 Å². The Hall–Kier alpha value is 0.354. The first-order chi connectivity index (χ1) is 4.00. The van der Waals surface area contributed by atoms with Gasteiger partial charge < -0.3 is 9.83 Å². The van der Waals surface area contributed by atoms with Gasteiger partial charge in [0.15, 0.2) is 9.76 Å². The van der Waals surface area contributed by atoms with Crippen LogP contribution in [0.25, 0.3) is 0 Å². The summed E-state index contributed by atoms with van der Waals surface area (Å²) in [5.74, 6) is 0. The second-order valence-electron chi connectivity index (χ2n) is 1.67. The third kappa shape index (κ3) is 4.51. The quantitative estimate of drug-likeness (QED) is 0.427. The van der Waals surface area contributed by atoms with Crippen LogP contribution in [0, 0.1) is 0 Å². The van der Waals surface area contributed by atoms with Gasteiger partial charge in [-0.1, -0.05) is 6.42 Å². The molecule has 0 aliphatic carbocycles. The second-order valence-corrected chi connectivity index (χ2v) is 3.20. The van der Waals surface area contributed by atoms with Crippen LogP contribution >= 0.6 is 0 Å². The van der Waals surface area contributed by atoms with Gasteiger partial charge in [0, 0.05) is 6.61 Å². The molecule has 1 aliphatic rings. The lowest BCUT2D eigenvalue weighted by Crippen LogP contribution is -2.06. The summed E-state index contributed by atoms with van der Waals surface area (Å²) in [5.41, 5.74) is 0. The summed E-state index contributed by atoms with van der Waals surface area (Å²) in [4.78, 5) is 0. The molecule has 4 heteroatoms. The van der Waals surface area contributed by atoms with E-state index in [1.54, 1.807) is 0 Å². The third-order valence-corrected chi connectivity index (χ3v) is 2.44. The van der Waals surface area contributed by atoms with Gasteiger partial charge in [-0.05, 0) is 12.5 Å². The minimum Gasteiger partial charge on any atom is -0.424 e. The molecular weight excluding hydrogens is 134 g/mol. The highest BCUT2D eigenvalue weighted by molar-refractivity contribution is 6.27. The highest BCUT2D eigenvalue weighted by Gasteiger charge is 1.96. The van der Waals surface area contributed by atoms with Crippen LogP contribution in [0.2, 0.25) is 6.04 Å². The molecule has 0 aromatic carbocycles. The van der Waals surface area contributed by atoms with Crippen LogP contribution in [0.3, 0.4) is 0 Å². The number of rotatable bonds is 0. The Morgan fingerprint density at radius 1 is 1.38 bits per heavy atom. The molecule has 0 spiro atoms. The zero-order valence-electron chi connectivity index (χ0n) is 5.52. The van der Waals surface area contributed by atoms with Crippen molar-refractivity contribution in [2.75, 3.05) is 6.61 Å². The van der Waals surface area contributed by atoms with Crippen molar-refractivity contribution < 1.29 is 4.43 Å². The van der Waals surface area contributed by atoms with Crippen LogP contribution in [0.1, 0.15) is 12.8 Å². The van der Waals surface area contributed by atoms with Crippen molar-refractivity contribution >= 4 is 20.2 Å². The molecule has 1 rings (SSSR count). The van der Waals surface area contributed by atoms with Gasteiger partial charge in [-0.2, -0.15) is 0 Å². The smallest absolute Gasteiger partial charge is 0.161 e. The fourth-order valence-corrected chi connectivity index (χ4v) is 1.86. The third-order valence-electron chi connectivity index (χ3n) is 1.08. The lowest BCUT2D eigenvalue weighted by atomic mass is 10.4. The molecule has 0 atom stereocenters. The maximum absolute atomic E-state index is 5.21. The second kappa shape index (κ2) is 7.35. The molecule has 8 heavy (non-hydrogen) atoms. The molecule has 1 fully saturated rings. The molecule has 0 amide bonds. The molecule has 1 aliphatic heterocycles. The highest BCUT2D eigenvalue weighted by atomic mass is 28.2. The topological polar surface area (TPSA) is 35.2 Å². The predicted molar refractivity (Wildman–Crippen MR) is 42.7 cm³/mol. The standard InChI is InChI=1S/C4H10OSi.H5NSi/c1-2-4-6-5-3-1;1-2/h1-4,6H2;1H2,2H3. The SMILES string of the molecule is C1CC[SiH2]OC1.N[SiH3]. The normalized spacial score (nSPS) is 22.1.